The van der Waals surface area contributed by atoms with Crippen LogP contribution in [0, 0.1) is 0 Å². The predicted octanol–water partition coefficient (Wildman–Crippen LogP) is 3.93. The molecule has 1 aliphatic heterocycles. The highest BCUT2D eigenvalue weighted by atomic mass is 79.9. The second kappa shape index (κ2) is 5.29. The summed E-state index contributed by atoms with van der Waals surface area (Å²) in [5.74, 6) is 0.822. The van der Waals surface area contributed by atoms with Gasteiger partial charge in [0.15, 0.2) is 0 Å². The standard InChI is InChI=1S/C16H24BBrO3/c1-14(2,3)19-13-9-8-11(10-12(13)18)17-20-15(4,5)16(6,7)21-17/h8-10H,1-7H3. The Morgan fingerprint density at radius 1 is 1.05 bits per heavy atom. The summed E-state index contributed by atoms with van der Waals surface area (Å²) in [5, 5.41) is 0. The van der Waals surface area contributed by atoms with E-state index < -0.39 is 0 Å². The second-order valence-corrected chi connectivity index (χ2v) is 8.35. The lowest BCUT2D eigenvalue weighted by atomic mass is 9.79. The molecular formula is C16H24BBrO3. The van der Waals surface area contributed by atoms with E-state index in [1.165, 1.54) is 0 Å². The van der Waals surface area contributed by atoms with Crippen molar-refractivity contribution in [2.45, 2.75) is 65.3 Å². The molecule has 1 heterocycles. The van der Waals surface area contributed by atoms with Crippen molar-refractivity contribution in [2.75, 3.05) is 0 Å². The molecule has 0 aliphatic carbocycles. The van der Waals surface area contributed by atoms with Crippen molar-refractivity contribution in [1.29, 1.82) is 0 Å². The Hall–Kier alpha value is -0.515. The first-order valence-electron chi connectivity index (χ1n) is 7.25. The van der Waals surface area contributed by atoms with E-state index in [2.05, 4.69) is 43.6 Å². The topological polar surface area (TPSA) is 27.7 Å². The van der Waals surface area contributed by atoms with Crippen molar-refractivity contribution in [3.63, 3.8) is 0 Å². The van der Waals surface area contributed by atoms with Gasteiger partial charge < -0.3 is 14.0 Å². The highest BCUT2D eigenvalue weighted by Gasteiger charge is 2.51. The SMILES string of the molecule is CC(C)(C)Oc1ccc(B2OC(C)(C)C(C)(C)O2)cc1Br. The molecule has 0 N–H and O–H groups in total. The molecule has 0 bridgehead atoms. The normalized spacial score (nSPS) is 20.7. The summed E-state index contributed by atoms with van der Waals surface area (Å²) < 4.78 is 18.9. The maximum atomic E-state index is 6.06. The Kier molecular flexibility index (Phi) is 4.24. The molecule has 1 fully saturated rings. The van der Waals surface area contributed by atoms with E-state index in [0.717, 1.165) is 15.7 Å². The number of rotatable bonds is 2. The molecule has 1 saturated heterocycles. The number of hydrogen-bond donors (Lipinski definition) is 0. The van der Waals surface area contributed by atoms with E-state index in [4.69, 9.17) is 14.0 Å². The molecule has 0 radical (unpaired) electrons. The highest BCUT2D eigenvalue weighted by molar-refractivity contribution is 9.10. The van der Waals surface area contributed by atoms with Crippen LogP contribution >= 0.6 is 15.9 Å². The average Bonchev–Trinajstić information content (AvgIpc) is 2.49. The van der Waals surface area contributed by atoms with E-state index in [9.17, 15) is 0 Å². The van der Waals surface area contributed by atoms with Crippen LogP contribution in [0.3, 0.4) is 0 Å². The maximum absolute atomic E-state index is 6.06. The van der Waals surface area contributed by atoms with E-state index in [1.807, 2.05) is 39.0 Å². The van der Waals surface area contributed by atoms with Gasteiger partial charge in [-0.3, -0.25) is 0 Å². The van der Waals surface area contributed by atoms with Crippen molar-refractivity contribution in [1.82, 2.24) is 0 Å². The summed E-state index contributed by atoms with van der Waals surface area (Å²) in [7, 11) is -0.352. The first kappa shape index (κ1) is 16.8. The fourth-order valence-corrected chi connectivity index (χ4v) is 2.53. The predicted molar refractivity (Wildman–Crippen MR) is 90.2 cm³/mol. The van der Waals surface area contributed by atoms with Crippen molar-refractivity contribution < 1.29 is 14.0 Å². The van der Waals surface area contributed by atoms with Gasteiger partial charge >= 0.3 is 7.12 Å². The largest absolute Gasteiger partial charge is 0.494 e. The van der Waals surface area contributed by atoms with Gasteiger partial charge in [-0.05, 0) is 82.0 Å². The van der Waals surface area contributed by atoms with Crippen molar-refractivity contribution in [2.24, 2.45) is 0 Å². The summed E-state index contributed by atoms with van der Waals surface area (Å²) in [5.41, 5.74) is 0.103. The van der Waals surface area contributed by atoms with E-state index >= 15 is 0 Å². The van der Waals surface area contributed by atoms with Gasteiger partial charge in [0.1, 0.15) is 11.4 Å². The molecule has 1 aliphatic rings. The van der Waals surface area contributed by atoms with Crippen LogP contribution in [0.2, 0.25) is 0 Å². The monoisotopic (exact) mass is 354 g/mol. The zero-order valence-corrected chi connectivity index (χ0v) is 15.5. The highest BCUT2D eigenvalue weighted by Crippen LogP contribution is 2.37. The van der Waals surface area contributed by atoms with Gasteiger partial charge in [0.05, 0.1) is 15.7 Å². The van der Waals surface area contributed by atoms with Gasteiger partial charge in [0.25, 0.3) is 0 Å². The summed E-state index contributed by atoms with van der Waals surface area (Å²) in [6.45, 7) is 14.3. The third-order valence-corrected chi connectivity index (χ3v) is 4.52. The van der Waals surface area contributed by atoms with Gasteiger partial charge in [0.2, 0.25) is 0 Å². The Balaban J connectivity index is 2.22. The molecular weight excluding hydrogens is 331 g/mol. The van der Waals surface area contributed by atoms with Crippen LogP contribution in [0.15, 0.2) is 22.7 Å². The lowest BCUT2D eigenvalue weighted by Gasteiger charge is -2.32. The zero-order chi connectivity index (χ0) is 16.1. The van der Waals surface area contributed by atoms with E-state index in [1.54, 1.807) is 0 Å². The Labute approximate surface area is 136 Å². The smallest absolute Gasteiger partial charge is 0.487 e. The molecule has 116 valence electrons. The molecule has 0 aromatic heterocycles. The number of halogens is 1. The zero-order valence-electron chi connectivity index (χ0n) is 13.9. The van der Waals surface area contributed by atoms with Crippen LogP contribution in [0.1, 0.15) is 48.5 Å². The van der Waals surface area contributed by atoms with Crippen molar-refractivity contribution in [3.8, 4) is 5.75 Å². The molecule has 1 aromatic rings. The summed E-state index contributed by atoms with van der Waals surface area (Å²) in [6, 6.07) is 5.95. The molecule has 0 atom stereocenters. The van der Waals surface area contributed by atoms with E-state index in [0.29, 0.717) is 0 Å². The molecule has 0 amide bonds. The molecule has 5 heteroatoms. The van der Waals surface area contributed by atoms with Crippen LogP contribution in [0.25, 0.3) is 0 Å². The van der Waals surface area contributed by atoms with Crippen molar-refractivity contribution in [3.05, 3.63) is 22.7 Å². The molecule has 3 nitrogen and oxygen atoms in total. The quantitative estimate of drug-likeness (QED) is 0.753. The minimum Gasteiger partial charge on any atom is -0.487 e. The van der Waals surface area contributed by atoms with Gasteiger partial charge in [-0.1, -0.05) is 6.07 Å². The first-order chi connectivity index (χ1) is 9.41. The lowest BCUT2D eigenvalue weighted by molar-refractivity contribution is 0.00578. The minimum atomic E-state index is -0.352. The summed E-state index contributed by atoms with van der Waals surface area (Å²) in [6.07, 6.45) is 0. The van der Waals surface area contributed by atoms with Gasteiger partial charge in [-0.15, -0.1) is 0 Å². The minimum absolute atomic E-state index is 0.228. The first-order valence-corrected chi connectivity index (χ1v) is 8.05. The van der Waals surface area contributed by atoms with Crippen LogP contribution in [0.4, 0.5) is 0 Å². The average molecular weight is 355 g/mol. The van der Waals surface area contributed by atoms with Crippen LogP contribution in [0.5, 0.6) is 5.75 Å². The number of ether oxygens (including phenoxy) is 1. The van der Waals surface area contributed by atoms with Gasteiger partial charge in [0, 0.05) is 0 Å². The van der Waals surface area contributed by atoms with E-state index in [-0.39, 0.29) is 23.9 Å². The molecule has 0 saturated carbocycles. The number of benzene rings is 1. The van der Waals surface area contributed by atoms with Crippen LogP contribution in [-0.4, -0.2) is 23.9 Å². The second-order valence-electron chi connectivity index (χ2n) is 7.49. The summed E-state index contributed by atoms with van der Waals surface area (Å²) in [4.78, 5) is 0. The molecule has 0 unspecified atom stereocenters. The van der Waals surface area contributed by atoms with Crippen LogP contribution < -0.4 is 10.2 Å². The third-order valence-electron chi connectivity index (χ3n) is 3.90. The fourth-order valence-electron chi connectivity index (χ4n) is 2.06. The fraction of sp³-hybridized carbons (Fsp3) is 0.625. The molecule has 21 heavy (non-hydrogen) atoms. The van der Waals surface area contributed by atoms with Crippen molar-refractivity contribution >= 4 is 28.5 Å². The number of hydrogen-bond acceptors (Lipinski definition) is 3. The lowest BCUT2D eigenvalue weighted by Crippen LogP contribution is -2.41. The Morgan fingerprint density at radius 3 is 2.00 bits per heavy atom. The summed E-state index contributed by atoms with van der Waals surface area (Å²) >= 11 is 3.57. The molecule has 2 rings (SSSR count). The Morgan fingerprint density at radius 2 is 1.57 bits per heavy atom. The van der Waals surface area contributed by atoms with Gasteiger partial charge in [-0.2, -0.15) is 0 Å². The van der Waals surface area contributed by atoms with Gasteiger partial charge in [-0.25, -0.2) is 0 Å². The Bertz CT molecular complexity index is 519. The maximum Gasteiger partial charge on any atom is 0.494 e. The molecule has 0 spiro atoms. The molecule has 1 aromatic carbocycles. The third kappa shape index (κ3) is 3.63. The van der Waals surface area contributed by atoms with Crippen LogP contribution in [-0.2, 0) is 9.31 Å².